The Bertz CT molecular complexity index is 407. The molecule has 106 valence electrons. The average molecular weight is 263 g/mol. The zero-order valence-electron chi connectivity index (χ0n) is 12.5. The third kappa shape index (κ3) is 6.87. The van der Waals surface area contributed by atoms with Crippen molar-refractivity contribution in [3.8, 4) is 11.5 Å². The van der Waals surface area contributed by atoms with E-state index in [9.17, 15) is 0 Å². The van der Waals surface area contributed by atoms with Crippen molar-refractivity contribution >= 4 is 0 Å². The topological polar surface area (TPSA) is 30.5 Å². The van der Waals surface area contributed by atoms with E-state index in [-0.39, 0.29) is 5.54 Å². The Balaban J connectivity index is 2.39. The first-order valence-corrected chi connectivity index (χ1v) is 6.68. The Morgan fingerprint density at radius 3 is 2.42 bits per heavy atom. The maximum Gasteiger partial charge on any atom is 0.123 e. The second-order valence-corrected chi connectivity index (χ2v) is 5.55. The number of rotatable bonds is 7. The van der Waals surface area contributed by atoms with Gasteiger partial charge in [0.15, 0.2) is 0 Å². The van der Waals surface area contributed by atoms with Crippen LogP contribution in [0.15, 0.2) is 36.4 Å². The first-order valence-electron chi connectivity index (χ1n) is 6.68. The predicted molar refractivity (Wildman–Crippen MR) is 80.0 cm³/mol. The van der Waals surface area contributed by atoms with Crippen molar-refractivity contribution in [2.24, 2.45) is 0 Å². The Kier molecular flexibility index (Phi) is 5.90. The lowest BCUT2D eigenvalue weighted by molar-refractivity contribution is 0.324. The quantitative estimate of drug-likeness (QED) is 0.765. The van der Waals surface area contributed by atoms with Gasteiger partial charge in [0, 0.05) is 18.2 Å². The summed E-state index contributed by atoms with van der Waals surface area (Å²) in [6.07, 6.45) is 0. The normalized spacial score (nSPS) is 11.2. The van der Waals surface area contributed by atoms with Crippen molar-refractivity contribution in [2.45, 2.75) is 33.2 Å². The fourth-order valence-electron chi connectivity index (χ4n) is 1.45. The maximum atomic E-state index is 5.70. The SMILES string of the molecule is C=C(CNC(C)(C)C)COc1cccc(OCC)c1. The summed E-state index contributed by atoms with van der Waals surface area (Å²) < 4.78 is 11.1. The molecule has 0 aliphatic rings. The highest BCUT2D eigenvalue weighted by Crippen LogP contribution is 2.19. The highest BCUT2D eigenvalue weighted by atomic mass is 16.5. The molecular formula is C16H25NO2. The molecule has 19 heavy (non-hydrogen) atoms. The van der Waals surface area contributed by atoms with Crippen LogP contribution in [0.1, 0.15) is 27.7 Å². The van der Waals surface area contributed by atoms with Gasteiger partial charge in [0.2, 0.25) is 0 Å². The molecule has 0 fully saturated rings. The van der Waals surface area contributed by atoms with Gasteiger partial charge in [0.1, 0.15) is 18.1 Å². The van der Waals surface area contributed by atoms with Crippen molar-refractivity contribution in [3.05, 3.63) is 36.4 Å². The van der Waals surface area contributed by atoms with E-state index in [1.807, 2.05) is 31.2 Å². The summed E-state index contributed by atoms with van der Waals surface area (Å²) in [5, 5.41) is 3.39. The summed E-state index contributed by atoms with van der Waals surface area (Å²) in [5.41, 5.74) is 1.12. The van der Waals surface area contributed by atoms with Crippen molar-refractivity contribution in [1.29, 1.82) is 0 Å². The van der Waals surface area contributed by atoms with Crippen molar-refractivity contribution in [3.63, 3.8) is 0 Å². The molecule has 0 atom stereocenters. The minimum absolute atomic E-state index is 0.0951. The Morgan fingerprint density at radius 1 is 1.21 bits per heavy atom. The molecule has 0 heterocycles. The molecule has 1 aromatic carbocycles. The summed E-state index contributed by atoms with van der Waals surface area (Å²) >= 11 is 0. The van der Waals surface area contributed by atoms with Crippen LogP contribution in [0.2, 0.25) is 0 Å². The van der Waals surface area contributed by atoms with Crippen LogP contribution >= 0.6 is 0 Å². The summed E-state index contributed by atoms with van der Waals surface area (Å²) in [6, 6.07) is 7.67. The summed E-state index contributed by atoms with van der Waals surface area (Å²) in [5.74, 6) is 1.64. The van der Waals surface area contributed by atoms with E-state index in [0.29, 0.717) is 13.2 Å². The van der Waals surface area contributed by atoms with Crippen LogP contribution in [0.3, 0.4) is 0 Å². The number of hydrogen-bond acceptors (Lipinski definition) is 3. The van der Waals surface area contributed by atoms with Crippen LogP contribution in [0.4, 0.5) is 0 Å². The lowest BCUT2D eigenvalue weighted by Gasteiger charge is -2.21. The molecule has 0 bridgehead atoms. The smallest absolute Gasteiger partial charge is 0.123 e. The summed E-state index contributed by atoms with van der Waals surface area (Å²) in [7, 11) is 0. The van der Waals surface area contributed by atoms with Crippen LogP contribution in [0.25, 0.3) is 0 Å². The second kappa shape index (κ2) is 7.19. The number of benzene rings is 1. The monoisotopic (exact) mass is 263 g/mol. The first-order chi connectivity index (χ1) is 8.90. The van der Waals surface area contributed by atoms with Crippen LogP contribution in [0.5, 0.6) is 11.5 Å². The summed E-state index contributed by atoms with van der Waals surface area (Å²) in [4.78, 5) is 0. The Hall–Kier alpha value is -1.48. The lowest BCUT2D eigenvalue weighted by Crippen LogP contribution is -2.37. The molecule has 1 aromatic rings. The number of hydrogen-bond donors (Lipinski definition) is 1. The fraction of sp³-hybridized carbons (Fsp3) is 0.500. The summed E-state index contributed by atoms with van der Waals surface area (Å²) in [6.45, 7) is 14.3. The van der Waals surface area contributed by atoms with E-state index in [1.54, 1.807) is 0 Å². The predicted octanol–water partition coefficient (Wildman–Crippen LogP) is 3.41. The second-order valence-electron chi connectivity index (χ2n) is 5.55. The molecule has 3 nitrogen and oxygen atoms in total. The molecule has 0 aromatic heterocycles. The van der Waals surface area contributed by atoms with Gasteiger partial charge in [-0.1, -0.05) is 12.6 Å². The minimum atomic E-state index is 0.0951. The third-order valence-corrected chi connectivity index (χ3v) is 2.43. The number of nitrogens with one attached hydrogen (secondary N) is 1. The lowest BCUT2D eigenvalue weighted by atomic mass is 10.1. The molecule has 0 saturated carbocycles. The molecule has 0 spiro atoms. The van der Waals surface area contributed by atoms with Crippen LogP contribution in [0, 0.1) is 0 Å². The van der Waals surface area contributed by atoms with E-state index in [0.717, 1.165) is 23.6 Å². The van der Waals surface area contributed by atoms with Gasteiger partial charge in [0.25, 0.3) is 0 Å². The van der Waals surface area contributed by atoms with Crippen molar-refractivity contribution in [2.75, 3.05) is 19.8 Å². The zero-order valence-corrected chi connectivity index (χ0v) is 12.5. The molecule has 1 N–H and O–H groups in total. The standard InChI is InChI=1S/C16H25NO2/c1-6-18-14-8-7-9-15(10-14)19-12-13(2)11-17-16(3,4)5/h7-10,17H,2,6,11-12H2,1,3-5H3. The molecule has 1 rings (SSSR count). The Labute approximate surface area is 116 Å². The highest BCUT2D eigenvalue weighted by Gasteiger charge is 2.08. The molecule has 0 radical (unpaired) electrons. The van der Waals surface area contributed by atoms with Crippen LogP contribution in [-0.4, -0.2) is 25.3 Å². The molecule has 3 heteroatoms. The van der Waals surface area contributed by atoms with Gasteiger partial charge in [-0.05, 0) is 45.4 Å². The first kappa shape index (κ1) is 15.6. The molecule has 0 aliphatic carbocycles. The molecule has 0 amide bonds. The highest BCUT2D eigenvalue weighted by molar-refractivity contribution is 5.33. The van der Waals surface area contributed by atoms with Crippen LogP contribution in [-0.2, 0) is 0 Å². The van der Waals surface area contributed by atoms with Gasteiger partial charge in [-0.2, -0.15) is 0 Å². The molecule has 0 aliphatic heterocycles. The van der Waals surface area contributed by atoms with Gasteiger partial charge in [-0.3, -0.25) is 0 Å². The van der Waals surface area contributed by atoms with Gasteiger partial charge in [0.05, 0.1) is 6.61 Å². The van der Waals surface area contributed by atoms with Crippen LogP contribution < -0.4 is 14.8 Å². The van der Waals surface area contributed by atoms with Gasteiger partial charge < -0.3 is 14.8 Å². The van der Waals surface area contributed by atoms with Crippen molar-refractivity contribution < 1.29 is 9.47 Å². The van der Waals surface area contributed by atoms with E-state index >= 15 is 0 Å². The van der Waals surface area contributed by atoms with Crippen molar-refractivity contribution in [1.82, 2.24) is 5.32 Å². The largest absolute Gasteiger partial charge is 0.494 e. The minimum Gasteiger partial charge on any atom is -0.494 e. The molecule has 0 saturated heterocycles. The third-order valence-electron chi connectivity index (χ3n) is 2.43. The van der Waals surface area contributed by atoms with E-state index in [4.69, 9.17) is 9.47 Å². The number of ether oxygens (including phenoxy) is 2. The van der Waals surface area contributed by atoms with E-state index < -0.39 is 0 Å². The molecular weight excluding hydrogens is 238 g/mol. The molecule has 0 unspecified atom stereocenters. The van der Waals surface area contributed by atoms with Gasteiger partial charge in [-0.25, -0.2) is 0 Å². The van der Waals surface area contributed by atoms with Gasteiger partial charge in [-0.15, -0.1) is 0 Å². The van der Waals surface area contributed by atoms with E-state index in [2.05, 4.69) is 32.7 Å². The zero-order chi connectivity index (χ0) is 14.3. The average Bonchev–Trinajstić information content (AvgIpc) is 2.34. The van der Waals surface area contributed by atoms with E-state index in [1.165, 1.54) is 0 Å². The maximum absolute atomic E-state index is 5.70. The Morgan fingerprint density at radius 2 is 1.84 bits per heavy atom. The van der Waals surface area contributed by atoms with Gasteiger partial charge >= 0.3 is 0 Å². The fourth-order valence-corrected chi connectivity index (χ4v) is 1.45.